The molecule has 2 aliphatic heterocycles. The summed E-state index contributed by atoms with van der Waals surface area (Å²) in [6.45, 7) is 3.55. The van der Waals surface area contributed by atoms with Gasteiger partial charge in [-0.1, -0.05) is 0 Å². The zero-order valence-electron chi connectivity index (χ0n) is 26.1. The van der Waals surface area contributed by atoms with Gasteiger partial charge in [0.1, 0.15) is 29.5 Å². The van der Waals surface area contributed by atoms with Gasteiger partial charge in [-0.05, 0) is 26.7 Å². The fourth-order valence-corrected chi connectivity index (χ4v) is 6.52. The summed E-state index contributed by atoms with van der Waals surface area (Å²) in [6, 6.07) is -2.57. The normalized spacial score (nSPS) is 20.4. The number of nitrogens with zero attached hydrogens (tertiary/aromatic N) is 4. The Morgan fingerprint density at radius 1 is 0.936 bits per heavy atom. The molecule has 2 aromatic carbocycles. The number of carbonyl (C=O) groups excluding carboxylic acids is 2. The Morgan fingerprint density at radius 3 is 2.06 bits per heavy atom. The van der Waals surface area contributed by atoms with Crippen LogP contribution in [0.4, 0.5) is 22.4 Å². The number of benzene rings is 2. The van der Waals surface area contributed by atoms with Crippen LogP contribution in [0.1, 0.15) is 67.0 Å². The summed E-state index contributed by atoms with van der Waals surface area (Å²) in [5.74, 6) is -9.01. The Kier molecular flexibility index (Phi) is 9.83. The first-order valence-electron chi connectivity index (χ1n) is 14.7. The largest absolute Gasteiger partial charge is 0.507 e. The van der Waals surface area contributed by atoms with Crippen molar-refractivity contribution < 1.29 is 62.9 Å². The van der Waals surface area contributed by atoms with E-state index in [1.165, 1.54) is 13.8 Å². The van der Waals surface area contributed by atoms with Gasteiger partial charge in [0.2, 0.25) is 11.7 Å². The van der Waals surface area contributed by atoms with Gasteiger partial charge < -0.3 is 45.5 Å². The fourth-order valence-electron chi connectivity index (χ4n) is 6.52. The van der Waals surface area contributed by atoms with Gasteiger partial charge in [-0.25, -0.2) is 18.0 Å². The second kappa shape index (κ2) is 13.0. The maximum atomic E-state index is 14.5. The number of likely N-dealkylation sites (tertiary alicyclic amines) is 1. The fraction of sp³-hybridized carbons (Fsp3) is 0.533. The van der Waals surface area contributed by atoms with Crippen LogP contribution in [0.3, 0.4) is 0 Å². The van der Waals surface area contributed by atoms with Gasteiger partial charge in [0, 0.05) is 63.9 Å². The zero-order chi connectivity index (χ0) is 35.3. The number of hydrogen-bond donors (Lipinski definition) is 7. The van der Waals surface area contributed by atoms with Gasteiger partial charge in [0.05, 0.1) is 17.2 Å². The van der Waals surface area contributed by atoms with Crippen LogP contribution in [0.2, 0.25) is 0 Å². The topological polar surface area (TPSA) is 189 Å². The van der Waals surface area contributed by atoms with Crippen molar-refractivity contribution in [3.05, 3.63) is 33.6 Å². The Morgan fingerprint density at radius 2 is 1.53 bits per heavy atom. The smallest absolute Gasteiger partial charge is 0.322 e. The minimum atomic E-state index is -3.58. The minimum Gasteiger partial charge on any atom is -0.507 e. The van der Waals surface area contributed by atoms with Crippen LogP contribution in [0.15, 0.2) is 0 Å². The number of piperidine rings is 1. The van der Waals surface area contributed by atoms with E-state index in [-0.39, 0.29) is 36.0 Å². The van der Waals surface area contributed by atoms with Gasteiger partial charge in [-0.3, -0.25) is 14.6 Å². The van der Waals surface area contributed by atoms with Gasteiger partial charge in [-0.15, -0.1) is 0 Å². The third kappa shape index (κ3) is 5.97. The number of phenols is 6. The van der Waals surface area contributed by atoms with E-state index in [2.05, 4.69) is 4.90 Å². The van der Waals surface area contributed by atoms with E-state index in [9.17, 15) is 62.9 Å². The molecular formula is C30H38F4N4O9. The Hall–Kier alpha value is -4.38. The van der Waals surface area contributed by atoms with Crippen molar-refractivity contribution in [2.45, 2.75) is 64.5 Å². The van der Waals surface area contributed by atoms with Crippen LogP contribution < -0.4 is 0 Å². The average molecular weight is 675 g/mol. The van der Waals surface area contributed by atoms with Gasteiger partial charge in [-0.2, -0.15) is 4.39 Å². The summed E-state index contributed by atoms with van der Waals surface area (Å²) in [4.78, 5) is 31.3. The number of halogens is 4. The molecule has 2 aliphatic rings. The molecule has 3 atom stereocenters. The molecule has 7 N–H and O–H groups in total. The SMILES string of the molecule is CC(=O)N1CCN(C2CCN(C(=O)N(C)C(C)(O)c3c(O)c(CF)c(O)c(C(F)F)c3O)C(c3c(C)c(O)c(F)c(O)c3O)C2)CC1. The van der Waals surface area contributed by atoms with Crippen LogP contribution >= 0.6 is 0 Å². The number of carbonyl (C=O) groups is 2. The number of phenolic OH excluding ortho intramolecular Hbond substituents is 6. The van der Waals surface area contributed by atoms with Gasteiger partial charge in [0.25, 0.3) is 6.43 Å². The van der Waals surface area contributed by atoms with E-state index in [1.54, 1.807) is 4.90 Å². The Labute approximate surface area is 267 Å². The first-order valence-corrected chi connectivity index (χ1v) is 14.7. The third-order valence-corrected chi connectivity index (χ3v) is 9.41. The molecule has 0 aromatic heterocycles. The lowest BCUT2D eigenvalue weighted by Gasteiger charge is -2.48. The number of rotatable bonds is 6. The van der Waals surface area contributed by atoms with Crippen LogP contribution in [-0.4, -0.2) is 113 Å². The maximum Gasteiger partial charge on any atom is 0.322 e. The highest BCUT2D eigenvalue weighted by molar-refractivity contribution is 5.77. The number of amides is 3. The molecule has 3 amide bonds. The van der Waals surface area contributed by atoms with E-state index in [1.807, 2.05) is 0 Å². The number of piperazine rings is 1. The molecule has 260 valence electrons. The third-order valence-electron chi connectivity index (χ3n) is 9.41. The van der Waals surface area contributed by atoms with Crippen molar-refractivity contribution in [2.24, 2.45) is 0 Å². The molecular weight excluding hydrogens is 636 g/mol. The molecule has 2 fully saturated rings. The summed E-state index contributed by atoms with van der Waals surface area (Å²) in [5, 5.41) is 74.6. The van der Waals surface area contributed by atoms with Gasteiger partial charge >= 0.3 is 6.03 Å². The summed E-state index contributed by atoms with van der Waals surface area (Å²) in [7, 11) is 0.988. The first-order chi connectivity index (χ1) is 21.9. The predicted molar refractivity (Wildman–Crippen MR) is 156 cm³/mol. The maximum absolute atomic E-state index is 14.5. The lowest BCUT2D eigenvalue weighted by Crippen LogP contribution is -2.57. The lowest BCUT2D eigenvalue weighted by atomic mass is 9.87. The van der Waals surface area contributed by atoms with E-state index >= 15 is 0 Å². The highest BCUT2D eigenvalue weighted by atomic mass is 19.3. The second-order valence-electron chi connectivity index (χ2n) is 11.9. The summed E-state index contributed by atoms with van der Waals surface area (Å²) < 4.78 is 55.9. The Balaban J connectivity index is 1.78. The van der Waals surface area contributed by atoms with Crippen LogP contribution in [-0.2, 0) is 17.2 Å². The first kappa shape index (κ1) is 35.5. The molecule has 4 rings (SSSR count). The molecule has 2 aromatic rings. The summed E-state index contributed by atoms with van der Waals surface area (Å²) in [6.07, 6.45) is -3.24. The zero-order valence-corrected chi connectivity index (χ0v) is 26.1. The highest BCUT2D eigenvalue weighted by Gasteiger charge is 2.46. The number of aromatic hydroxyl groups is 6. The number of alkyl halides is 3. The minimum absolute atomic E-state index is 0.0396. The molecule has 0 saturated carbocycles. The van der Waals surface area contributed by atoms with Crippen molar-refractivity contribution in [3.63, 3.8) is 0 Å². The number of urea groups is 1. The van der Waals surface area contributed by atoms with Crippen LogP contribution in [0.25, 0.3) is 0 Å². The van der Waals surface area contributed by atoms with E-state index < -0.39 is 87.9 Å². The van der Waals surface area contributed by atoms with Crippen molar-refractivity contribution >= 4 is 11.9 Å². The molecule has 13 nitrogen and oxygen atoms in total. The van der Waals surface area contributed by atoms with E-state index in [0.29, 0.717) is 37.5 Å². The summed E-state index contributed by atoms with van der Waals surface area (Å²) >= 11 is 0. The predicted octanol–water partition coefficient (Wildman–Crippen LogP) is 3.36. The molecule has 2 heterocycles. The van der Waals surface area contributed by atoms with Crippen LogP contribution in [0.5, 0.6) is 34.5 Å². The van der Waals surface area contributed by atoms with E-state index in [0.717, 1.165) is 18.9 Å². The quantitative estimate of drug-likeness (QED) is 0.104. The van der Waals surface area contributed by atoms with E-state index in [4.69, 9.17) is 0 Å². The van der Waals surface area contributed by atoms with Gasteiger partial charge in [0.15, 0.2) is 23.0 Å². The van der Waals surface area contributed by atoms with Crippen molar-refractivity contribution in [1.29, 1.82) is 0 Å². The summed E-state index contributed by atoms with van der Waals surface area (Å²) in [5.41, 5.74) is -6.89. The molecule has 0 aliphatic carbocycles. The standard InChI is InChI=1S/C30H38F4N4O9/c1-13-18(26(44)27(45)21(32)22(13)40)17-11-15(37-9-7-36(8-10-37)14(2)39)5-6-38(17)29(46)35(4)30(3,47)20-24(42)16(12-31)23(41)19(25(20)43)28(33)34/h15,17,28,40-45,47H,5-12H2,1-4H3. The van der Waals surface area contributed by atoms with Crippen molar-refractivity contribution in [2.75, 3.05) is 39.8 Å². The lowest BCUT2D eigenvalue weighted by molar-refractivity contribution is -0.131. The molecule has 0 bridgehead atoms. The molecule has 17 heteroatoms. The van der Waals surface area contributed by atoms with Crippen molar-refractivity contribution in [3.8, 4) is 34.5 Å². The van der Waals surface area contributed by atoms with Crippen LogP contribution in [0, 0.1) is 12.7 Å². The highest BCUT2D eigenvalue weighted by Crippen LogP contribution is 2.52. The molecule has 0 radical (unpaired) electrons. The monoisotopic (exact) mass is 674 g/mol. The number of aliphatic hydroxyl groups is 1. The second-order valence-corrected chi connectivity index (χ2v) is 11.9. The molecule has 47 heavy (non-hydrogen) atoms. The Bertz CT molecular complexity index is 1540. The van der Waals surface area contributed by atoms with Crippen molar-refractivity contribution in [1.82, 2.24) is 19.6 Å². The average Bonchev–Trinajstić information content (AvgIpc) is 3.02. The number of hydrogen-bond acceptors (Lipinski definition) is 10. The molecule has 0 spiro atoms. The molecule has 2 saturated heterocycles. The molecule has 3 unspecified atom stereocenters.